The number of aliphatic hydroxyl groups is 1. The van der Waals surface area contributed by atoms with Gasteiger partial charge in [-0.05, 0) is 30.4 Å². The van der Waals surface area contributed by atoms with Crippen LogP contribution in [0.1, 0.15) is 30.0 Å². The van der Waals surface area contributed by atoms with Crippen LogP contribution < -0.4 is 19.9 Å². The van der Waals surface area contributed by atoms with Gasteiger partial charge in [0.05, 0.1) is 26.4 Å². The van der Waals surface area contributed by atoms with Gasteiger partial charge in [0, 0.05) is 11.6 Å². The van der Waals surface area contributed by atoms with Crippen molar-refractivity contribution in [3.8, 4) is 17.2 Å². The molecule has 2 atom stereocenters. The maximum atomic E-state index is 10.5. The average molecular weight is 380 g/mol. The molecule has 0 amide bonds. The lowest BCUT2D eigenvalue weighted by atomic mass is 9.97. The molecule has 0 aromatic heterocycles. The first-order chi connectivity index (χ1) is 12.1. The fraction of sp³-hybridized carbons (Fsp3) is 0.400. The number of hydrogen-bond acceptors (Lipinski definition) is 5. The lowest BCUT2D eigenvalue weighted by Crippen LogP contribution is -2.28. The number of benzene rings is 2. The molecule has 26 heavy (non-hydrogen) atoms. The zero-order chi connectivity index (χ0) is 17.8. The highest BCUT2D eigenvalue weighted by Crippen LogP contribution is 2.42. The summed E-state index contributed by atoms with van der Waals surface area (Å²) < 4.78 is 16.8. The molecule has 3 rings (SSSR count). The summed E-state index contributed by atoms with van der Waals surface area (Å²) in [5.41, 5.74) is 8.12. The lowest BCUT2D eigenvalue weighted by molar-refractivity contribution is 0.120. The van der Waals surface area contributed by atoms with Crippen LogP contribution in [0.4, 0.5) is 0 Å². The van der Waals surface area contributed by atoms with Gasteiger partial charge in [0.25, 0.3) is 0 Å². The second-order valence-corrected chi connectivity index (χ2v) is 6.37. The van der Waals surface area contributed by atoms with Gasteiger partial charge >= 0.3 is 0 Å². The summed E-state index contributed by atoms with van der Waals surface area (Å²) in [7, 11) is 3.16. The number of ether oxygens (including phenoxy) is 3. The van der Waals surface area contributed by atoms with Gasteiger partial charge in [-0.2, -0.15) is 0 Å². The van der Waals surface area contributed by atoms with Crippen molar-refractivity contribution in [2.75, 3.05) is 14.2 Å². The molecule has 0 heterocycles. The first-order valence-electron chi connectivity index (χ1n) is 8.50. The van der Waals surface area contributed by atoms with E-state index in [4.69, 9.17) is 19.9 Å². The van der Waals surface area contributed by atoms with E-state index in [0.29, 0.717) is 23.9 Å². The Labute approximate surface area is 160 Å². The van der Waals surface area contributed by atoms with Gasteiger partial charge in [-0.25, -0.2) is 0 Å². The van der Waals surface area contributed by atoms with E-state index >= 15 is 0 Å². The minimum Gasteiger partial charge on any atom is -0.493 e. The molecule has 3 N–H and O–H groups in total. The number of aliphatic hydroxyl groups excluding tert-OH is 1. The topological polar surface area (TPSA) is 73.9 Å². The van der Waals surface area contributed by atoms with Crippen molar-refractivity contribution in [1.82, 2.24) is 0 Å². The summed E-state index contributed by atoms with van der Waals surface area (Å²) in [4.78, 5) is 0. The summed E-state index contributed by atoms with van der Waals surface area (Å²) in [5, 5.41) is 10.5. The Morgan fingerprint density at radius 1 is 1.04 bits per heavy atom. The minimum absolute atomic E-state index is 0. The molecule has 0 aliphatic heterocycles. The molecule has 142 valence electrons. The molecule has 1 saturated carbocycles. The molecule has 0 saturated heterocycles. The normalized spacial score (nSPS) is 15.5. The quantitative estimate of drug-likeness (QED) is 0.734. The van der Waals surface area contributed by atoms with Crippen LogP contribution in [0.5, 0.6) is 17.2 Å². The predicted molar refractivity (Wildman–Crippen MR) is 103 cm³/mol. The molecule has 0 radical (unpaired) electrons. The van der Waals surface area contributed by atoms with Crippen molar-refractivity contribution in [3.05, 3.63) is 53.6 Å². The monoisotopic (exact) mass is 379 g/mol. The molecular weight excluding hydrogens is 354 g/mol. The molecule has 5 nitrogen and oxygen atoms in total. The van der Waals surface area contributed by atoms with E-state index in [1.807, 2.05) is 30.3 Å². The minimum atomic E-state index is -0.586. The Balaban J connectivity index is 0.00000243. The van der Waals surface area contributed by atoms with Crippen LogP contribution in [0.25, 0.3) is 0 Å². The van der Waals surface area contributed by atoms with Crippen LogP contribution in [-0.4, -0.2) is 25.4 Å². The number of halogens is 1. The van der Waals surface area contributed by atoms with E-state index < -0.39 is 12.1 Å². The highest BCUT2D eigenvalue weighted by Gasteiger charge is 2.35. The summed E-state index contributed by atoms with van der Waals surface area (Å²) >= 11 is 0. The first kappa shape index (κ1) is 20.4. The molecule has 2 aromatic rings. The number of methoxy groups -OCH3 is 2. The maximum absolute atomic E-state index is 10.5. The second kappa shape index (κ2) is 9.12. The average Bonchev–Trinajstić information content (AvgIpc) is 3.50. The SMILES string of the molecule is COc1cc(OCc2ccccc2)c([C@@H](N)[C@@H](O)C2CC2)cc1OC.Cl. The molecule has 1 aliphatic carbocycles. The van der Waals surface area contributed by atoms with Crippen LogP contribution in [0.2, 0.25) is 0 Å². The van der Waals surface area contributed by atoms with Crippen molar-refractivity contribution < 1.29 is 19.3 Å². The van der Waals surface area contributed by atoms with Crippen LogP contribution in [-0.2, 0) is 6.61 Å². The Bertz CT molecular complexity index is 706. The summed E-state index contributed by atoms with van der Waals surface area (Å²) in [5.74, 6) is 2.02. The Hall–Kier alpha value is -1.95. The third-order valence-corrected chi connectivity index (χ3v) is 4.59. The van der Waals surface area contributed by atoms with Gasteiger partial charge in [0.1, 0.15) is 12.4 Å². The van der Waals surface area contributed by atoms with Crippen LogP contribution in [0.15, 0.2) is 42.5 Å². The third kappa shape index (κ3) is 4.61. The number of hydrogen-bond donors (Lipinski definition) is 2. The van der Waals surface area contributed by atoms with Gasteiger partial charge < -0.3 is 25.1 Å². The fourth-order valence-corrected chi connectivity index (χ4v) is 2.91. The van der Waals surface area contributed by atoms with E-state index in [9.17, 15) is 5.11 Å². The molecular formula is C20H26ClNO4. The van der Waals surface area contributed by atoms with Crippen LogP contribution in [0, 0.1) is 5.92 Å². The van der Waals surface area contributed by atoms with E-state index in [1.54, 1.807) is 26.4 Å². The Morgan fingerprint density at radius 3 is 2.23 bits per heavy atom. The van der Waals surface area contributed by atoms with Crippen molar-refractivity contribution >= 4 is 12.4 Å². The van der Waals surface area contributed by atoms with Crippen molar-refractivity contribution in [2.45, 2.75) is 31.6 Å². The molecule has 1 aliphatic rings. The number of rotatable bonds is 8. The van der Waals surface area contributed by atoms with Gasteiger partial charge in [-0.1, -0.05) is 30.3 Å². The van der Waals surface area contributed by atoms with E-state index in [1.165, 1.54) is 0 Å². The lowest BCUT2D eigenvalue weighted by Gasteiger charge is -2.23. The van der Waals surface area contributed by atoms with Crippen molar-refractivity contribution in [1.29, 1.82) is 0 Å². The highest BCUT2D eigenvalue weighted by atomic mass is 35.5. The zero-order valence-electron chi connectivity index (χ0n) is 15.1. The molecule has 0 spiro atoms. The van der Waals surface area contributed by atoms with Crippen LogP contribution in [0.3, 0.4) is 0 Å². The molecule has 0 unspecified atom stereocenters. The Morgan fingerprint density at radius 2 is 1.65 bits per heavy atom. The molecule has 2 aromatic carbocycles. The Kier molecular flexibility index (Phi) is 7.14. The van der Waals surface area contributed by atoms with Crippen molar-refractivity contribution in [2.24, 2.45) is 11.7 Å². The zero-order valence-corrected chi connectivity index (χ0v) is 15.9. The summed E-state index contributed by atoms with van der Waals surface area (Å²) in [6.45, 7) is 0.412. The molecule has 0 bridgehead atoms. The predicted octanol–water partition coefficient (Wildman–Crippen LogP) is 3.48. The summed E-state index contributed by atoms with van der Waals surface area (Å²) in [6.07, 6.45) is 1.45. The summed E-state index contributed by atoms with van der Waals surface area (Å²) in [6, 6.07) is 12.9. The first-order valence-corrected chi connectivity index (χ1v) is 8.50. The second-order valence-electron chi connectivity index (χ2n) is 6.37. The number of nitrogens with two attached hydrogens (primary N) is 1. The molecule has 1 fully saturated rings. The largest absolute Gasteiger partial charge is 0.493 e. The van der Waals surface area contributed by atoms with Crippen molar-refractivity contribution in [3.63, 3.8) is 0 Å². The third-order valence-electron chi connectivity index (χ3n) is 4.59. The molecule has 6 heteroatoms. The van der Waals surface area contributed by atoms with Gasteiger partial charge in [-0.3, -0.25) is 0 Å². The fourth-order valence-electron chi connectivity index (χ4n) is 2.91. The van der Waals surface area contributed by atoms with E-state index in [-0.39, 0.29) is 18.3 Å². The van der Waals surface area contributed by atoms with Gasteiger partial charge in [0.2, 0.25) is 0 Å². The van der Waals surface area contributed by atoms with Crippen LogP contribution >= 0.6 is 12.4 Å². The highest BCUT2D eigenvalue weighted by molar-refractivity contribution is 5.85. The smallest absolute Gasteiger partial charge is 0.164 e. The maximum Gasteiger partial charge on any atom is 0.164 e. The van der Waals surface area contributed by atoms with Gasteiger partial charge in [0.15, 0.2) is 11.5 Å². The standard InChI is InChI=1S/C20H25NO4.ClH/c1-23-17-10-15(19(21)20(22)14-8-9-14)16(11-18(17)24-2)25-12-13-6-4-3-5-7-13;/h3-7,10-11,14,19-20,22H,8-9,12,21H2,1-2H3;1H/t19-,20+;/m1./s1. The van der Waals surface area contributed by atoms with Gasteiger partial charge in [-0.15, -0.1) is 12.4 Å². The van der Waals surface area contributed by atoms with E-state index in [0.717, 1.165) is 24.0 Å². The van der Waals surface area contributed by atoms with E-state index in [2.05, 4.69) is 0 Å².